The number of nitrogens with zero attached hydrogens (tertiary/aromatic N) is 3. The van der Waals surface area contributed by atoms with Gasteiger partial charge in [0.05, 0.1) is 0 Å². The van der Waals surface area contributed by atoms with E-state index in [1.807, 2.05) is 36.4 Å². The van der Waals surface area contributed by atoms with Crippen molar-refractivity contribution in [1.82, 2.24) is 9.97 Å². The Labute approximate surface area is 125 Å². The van der Waals surface area contributed by atoms with Crippen LogP contribution < -0.4 is 16.2 Å². The topological polar surface area (TPSA) is 67.1 Å². The summed E-state index contributed by atoms with van der Waals surface area (Å²) >= 11 is 0. The first-order valence-corrected chi connectivity index (χ1v) is 7.33. The molecule has 2 unspecified atom stereocenters. The second-order valence-corrected chi connectivity index (χ2v) is 5.80. The van der Waals surface area contributed by atoms with E-state index in [1.54, 1.807) is 0 Å². The second-order valence-electron chi connectivity index (χ2n) is 5.80. The van der Waals surface area contributed by atoms with Gasteiger partial charge in [-0.1, -0.05) is 44.2 Å². The molecule has 110 valence electrons. The molecule has 1 aromatic carbocycles. The summed E-state index contributed by atoms with van der Waals surface area (Å²) in [4.78, 5) is 11.5. The van der Waals surface area contributed by atoms with Crippen LogP contribution in [0.3, 0.4) is 0 Å². The first kappa shape index (κ1) is 13.8. The molecule has 2 atom stereocenters. The molecule has 0 bridgehead atoms. The number of nitrogen functional groups attached to an aromatic ring is 1. The number of hydrazine groups is 1. The minimum absolute atomic E-state index is 0.644. The number of rotatable bonds is 3. The highest BCUT2D eigenvalue weighted by molar-refractivity contribution is 5.61. The lowest BCUT2D eigenvalue weighted by Crippen LogP contribution is -2.22. The zero-order valence-corrected chi connectivity index (χ0v) is 12.5. The van der Waals surface area contributed by atoms with Crippen molar-refractivity contribution in [1.29, 1.82) is 0 Å². The summed E-state index contributed by atoms with van der Waals surface area (Å²) in [6.45, 7) is 6.62. The second kappa shape index (κ2) is 5.69. The molecular formula is C16H21N5. The van der Waals surface area contributed by atoms with Gasteiger partial charge in [-0.05, 0) is 11.8 Å². The van der Waals surface area contributed by atoms with Crippen molar-refractivity contribution in [2.24, 2.45) is 17.7 Å². The zero-order valence-electron chi connectivity index (χ0n) is 12.5. The molecular weight excluding hydrogens is 262 g/mol. The molecule has 2 heterocycles. The molecule has 3 rings (SSSR count). The molecule has 1 aliphatic rings. The van der Waals surface area contributed by atoms with Crippen molar-refractivity contribution < 1.29 is 0 Å². The Morgan fingerprint density at radius 3 is 2.38 bits per heavy atom. The van der Waals surface area contributed by atoms with Crippen LogP contribution in [0.25, 0.3) is 11.4 Å². The smallest absolute Gasteiger partial charge is 0.163 e. The molecule has 0 spiro atoms. The van der Waals surface area contributed by atoms with Crippen LogP contribution in [0.2, 0.25) is 0 Å². The Bertz CT molecular complexity index is 603. The first-order valence-electron chi connectivity index (χ1n) is 7.33. The average molecular weight is 283 g/mol. The van der Waals surface area contributed by atoms with Crippen molar-refractivity contribution in [2.45, 2.75) is 13.8 Å². The largest absolute Gasteiger partial charge is 0.356 e. The average Bonchev–Trinajstić information content (AvgIpc) is 2.87. The van der Waals surface area contributed by atoms with E-state index < -0.39 is 0 Å². The van der Waals surface area contributed by atoms with E-state index in [2.05, 4.69) is 29.2 Å². The lowest BCUT2D eigenvalue weighted by Gasteiger charge is -2.18. The molecule has 2 aromatic rings. The maximum atomic E-state index is 5.56. The van der Waals surface area contributed by atoms with Crippen molar-refractivity contribution >= 4 is 11.6 Å². The van der Waals surface area contributed by atoms with E-state index in [1.165, 1.54) is 0 Å². The molecule has 1 aliphatic heterocycles. The summed E-state index contributed by atoms with van der Waals surface area (Å²) in [6, 6.07) is 11.9. The van der Waals surface area contributed by atoms with Gasteiger partial charge in [0.25, 0.3) is 0 Å². The fraction of sp³-hybridized carbons (Fsp3) is 0.375. The first-order chi connectivity index (χ1) is 10.2. The Hall–Kier alpha value is -2.14. The highest BCUT2D eigenvalue weighted by Crippen LogP contribution is 2.29. The van der Waals surface area contributed by atoms with Gasteiger partial charge in [0.15, 0.2) is 5.82 Å². The van der Waals surface area contributed by atoms with Crippen molar-refractivity contribution in [3.63, 3.8) is 0 Å². The van der Waals surface area contributed by atoms with E-state index in [-0.39, 0.29) is 0 Å². The number of nitrogens with two attached hydrogens (primary N) is 1. The van der Waals surface area contributed by atoms with E-state index in [4.69, 9.17) is 10.8 Å². The van der Waals surface area contributed by atoms with Crippen molar-refractivity contribution in [2.75, 3.05) is 23.4 Å². The van der Waals surface area contributed by atoms with E-state index in [0.29, 0.717) is 23.5 Å². The third kappa shape index (κ3) is 2.83. The van der Waals surface area contributed by atoms with Gasteiger partial charge in [-0.3, -0.25) is 0 Å². The number of hydrogen-bond acceptors (Lipinski definition) is 5. The van der Waals surface area contributed by atoms with Crippen LogP contribution >= 0.6 is 0 Å². The third-order valence-corrected chi connectivity index (χ3v) is 4.20. The molecule has 0 radical (unpaired) electrons. The number of benzene rings is 1. The van der Waals surface area contributed by atoms with Crippen LogP contribution in [-0.4, -0.2) is 23.1 Å². The molecule has 1 saturated heterocycles. The molecule has 0 aliphatic carbocycles. The maximum Gasteiger partial charge on any atom is 0.163 e. The van der Waals surface area contributed by atoms with Crippen molar-refractivity contribution in [3.05, 3.63) is 36.4 Å². The molecule has 5 heteroatoms. The summed E-state index contributed by atoms with van der Waals surface area (Å²) in [7, 11) is 0. The Balaban J connectivity index is 1.98. The normalized spacial score (nSPS) is 21.6. The van der Waals surface area contributed by atoms with Gasteiger partial charge < -0.3 is 10.3 Å². The quantitative estimate of drug-likeness (QED) is 0.669. The van der Waals surface area contributed by atoms with Crippen LogP contribution in [-0.2, 0) is 0 Å². The van der Waals surface area contributed by atoms with Gasteiger partial charge in [-0.15, -0.1) is 0 Å². The monoisotopic (exact) mass is 283 g/mol. The lowest BCUT2D eigenvalue weighted by atomic mass is 10.0. The molecule has 5 nitrogen and oxygen atoms in total. The van der Waals surface area contributed by atoms with Crippen LogP contribution in [0.1, 0.15) is 13.8 Å². The zero-order chi connectivity index (χ0) is 14.8. The lowest BCUT2D eigenvalue weighted by molar-refractivity contribution is 0.494. The summed E-state index contributed by atoms with van der Waals surface area (Å²) in [5, 5.41) is 0. The number of aromatic nitrogens is 2. The molecule has 21 heavy (non-hydrogen) atoms. The summed E-state index contributed by atoms with van der Waals surface area (Å²) in [5.41, 5.74) is 3.64. The standard InChI is InChI=1S/C16H21N5/c1-11-9-21(10-12(11)2)15-8-14(20-17)18-16(19-15)13-6-4-3-5-7-13/h3-8,11-12H,9-10,17H2,1-2H3,(H,18,19,20). The minimum Gasteiger partial charge on any atom is -0.356 e. The number of nitrogens with one attached hydrogen (secondary N) is 1. The molecule has 0 saturated carbocycles. The predicted molar refractivity (Wildman–Crippen MR) is 85.8 cm³/mol. The van der Waals surface area contributed by atoms with Crippen molar-refractivity contribution in [3.8, 4) is 11.4 Å². The summed E-state index contributed by atoms with van der Waals surface area (Å²) in [5.74, 6) is 9.20. The van der Waals surface area contributed by atoms with Gasteiger partial charge in [-0.2, -0.15) is 0 Å². The van der Waals surface area contributed by atoms with Gasteiger partial charge >= 0.3 is 0 Å². The molecule has 1 aromatic heterocycles. The number of anilines is 2. The number of hydrogen-bond donors (Lipinski definition) is 2. The highest BCUT2D eigenvalue weighted by Gasteiger charge is 2.27. The van der Waals surface area contributed by atoms with Gasteiger partial charge in [0.1, 0.15) is 11.6 Å². The van der Waals surface area contributed by atoms with E-state index in [9.17, 15) is 0 Å². The van der Waals surface area contributed by atoms with Crippen LogP contribution in [0.5, 0.6) is 0 Å². The summed E-state index contributed by atoms with van der Waals surface area (Å²) in [6.07, 6.45) is 0. The maximum absolute atomic E-state index is 5.56. The molecule has 3 N–H and O–H groups in total. The Morgan fingerprint density at radius 2 is 1.76 bits per heavy atom. The van der Waals surface area contributed by atoms with Crippen LogP contribution in [0, 0.1) is 11.8 Å². The SMILES string of the molecule is CC1CN(c2cc(NN)nc(-c3ccccc3)n2)CC1C. The Kier molecular flexibility index (Phi) is 3.75. The van der Waals surface area contributed by atoms with Gasteiger partial charge in [-0.25, -0.2) is 15.8 Å². The third-order valence-electron chi connectivity index (χ3n) is 4.20. The van der Waals surface area contributed by atoms with Crippen LogP contribution in [0.4, 0.5) is 11.6 Å². The fourth-order valence-corrected chi connectivity index (χ4v) is 2.70. The molecule has 0 amide bonds. The summed E-state index contributed by atoms with van der Waals surface area (Å²) < 4.78 is 0. The molecule has 1 fully saturated rings. The van der Waals surface area contributed by atoms with Crippen LogP contribution in [0.15, 0.2) is 36.4 Å². The Morgan fingerprint density at radius 1 is 1.10 bits per heavy atom. The minimum atomic E-state index is 0.644. The highest BCUT2D eigenvalue weighted by atomic mass is 15.3. The van der Waals surface area contributed by atoms with Gasteiger partial charge in [0.2, 0.25) is 0 Å². The van der Waals surface area contributed by atoms with E-state index in [0.717, 1.165) is 24.5 Å². The van der Waals surface area contributed by atoms with Gasteiger partial charge in [0, 0.05) is 24.7 Å². The van der Waals surface area contributed by atoms with E-state index >= 15 is 0 Å². The fourth-order valence-electron chi connectivity index (χ4n) is 2.70. The predicted octanol–water partition coefficient (Wildman–Crippen LogP) is 2.52.